The molecular formula is C24H27N7OS. The highest BCUT2D eigenvalue weighted by Gasteiger charge is 2.24. The molecule has 170 valence electrons. The van der Waals surface area contributed by atoms with E-state index in [0.717, 1.165) is 62.8 Å². The number of thiazole rings is 1. The van der Waals surface area contributed by atoms with E-state index >= 15 is 0 Å². The van der Waals surface area contributed by atoms with Crippen LogP contribution in [0.25, 0.3) is 21.5 Å². The number of hydrogen-bond donors (Lipinski definition) is 2. The van der Waals surface area contributed by atoms with Gasteiger partial charge in [-0.2, -0.15) is 4.98 Å². The van der Waals surface area contributed by atoms with Crippen molar-refractivity contribution in [3.05, 3.63) is 47.3 Å². The number of anilines is 3. The van der Waals surface area contributed by atoms with Gasteiger partial charge < -0.3 is 21.1 Å². The van der Waals surface area contributed by atoms with Crippen molar-refractivity contribution in [1.29, 1.82) is 0 Å². The predicted molar refractivity (Wildman–Crippen MR) is 134 cm³/mol. The van der Waals surface area contributed by atoms with Crippen LogP contribution in [0.3, 0.4) is 0 Å². The zero-order chi connectivity index (χ0) is 23.1. The van der Waals surface area contributed by atoms with Gasteiger partial charge in [-0.3, -0.25) is 0 Å². The summed E-state index contributed by atoms with van der Waals surface area (Å²) in [7, 11) is 0. The van der Waals surface area contributed by atoms with Gasteiger partial charge in [0.05, 0.1) is 12.2 Å². The molecule has 0 bridgehead atoms. The van der Waals surface area contributed by atoms with Crippen molar-refractivity contribution in [1.82, 2.24) is 19.9 Å². The molecule has 0 aliphatic carbocycles. The molecule has 0 saturated heterocycles. The lowest BCUT2D eigenvalue weighted by Gasteiger charge is -2.26. The maximum Gasteiger partial charge on any atom is 0.222 e. The third kappa shape index (κ3) is 4.04. The molecule has 4 heterocycles. The molecule has 9 heteroatoms. The summed E-state index contributed by atoms with van der Waals surface area (Å²) in [6, 6.07) is 8.28. The number of hydrogen-bond acceptors (Lipinski definition) is 9. The topological polar surface area (TPSA) is 116 Å². The monoisotopic (exact) mass is 461 g/mol. The van der Waals surface area contributed by atoms with E-state index in [1.165, 1.54) is 11.3 Å². The second kappa shape index (κ2) is 8.47. The van der Waals surface area contributed by atoms with Crippen LogP contribution in [0, 0.1) is 0 Å². The van der Waals surface area contributed by atoms with E-state index in [-0.39, 0.29) is 5.92 Å². The average molecular weight is 462 g/mol. The summed E-state index contributed by atoms with van der Waals surface area (Å²) in [4.78, 5) is 21.2. The lowest BCUT2D eigenvalue weighted by Crippen LogP contribution is -2.28. The minimum Gasteiger partial charge on any atom is -0.491 e. The molecule has 1 aliphatic rings. The van der Waals surface area contributed by atoms with Crippen LogP contribution in [-0.2, 0) is 13.0 Å². The van der Waals surface area contributed by atoms with Gasteiger partial charge in [0.15, 0.2) is 5.13 Å². The van der Waals surface area contributed by atoms with Crippen molar-refractivity contribution in [3.63, 3.8) is 0 Å². The molecule has 0 amide bonds. The van der Waals surface area contributed by atoms with E-state index in [1.807, 2.05) is 18.3 Å². The first-order chi connectivity index (χ1) is 15.9. The Morgan fingerprint density at radius 3 is 2.76 bits per heavy atom. The van der Waals surface area contributed by atoms with Gasteiger partial charge in [0.2, 0.25) is 5.95 Å². The van der Waals surface area contributed by atoms with E-state index in [0.29, 0.717) is 24.2 Å². The Bertz CT molecular complexity index is 1330. The van der Waals surface area contributed by atoms with Crippen LogP contribution < -0.4 is 21.1 Å². The van der Waals surface area contributed by atoms with Crippen LogP contribution in [0.4, 0.5) is 16.9 Å². The third-order valence-electron chi connectivity index (χ3n) is 5.87. The molecule has 4 N–H and O–H groups in total. The van der Waals surface area contributed by atoms with Crippen LogP contribution in [0.2, 0.25) is 0 Å². The second-order valence-corrected chi connectivity index (χ2v) is 9.48. The van der Waals surface area contributed by atoms with Gasteiger partial charge in [0.1, 0.15) is 28.5 Å². The molecule has 0 saturated carbocycles. The lowest BCUT2D eigenvalue weighted by atomic mass is 9.99. The zero-order valence-corrected chi connectivity index (χ0v) is 19.8. The van der Waals surface area contributed by atoms with Crippen LogP contribution in [0.1, 0.15) is 43.5 Å². The summed E-state index contributed by atoms with van der Waals surface area (Å²) in [6.07, 6.45) is 2.68. The number of pyridine rings is 1. The molecule has 0 spiro atoms. The molecule has 0 unspecified atom stereocenters. The summed E-state index contributed by atoms with van der Waals surface area (Å²) in [5.41, 5.74) is 18.1. The summed E-state index contributed by atoms with van der Waals surface area (Å²) < 4.78 is 6.09. The summed E-state index contributed by atoms with van der Waals surface area (Å²) in [5.74, 6) is 2.38. The van der Waals surface area contributed by atoms with E-state index in [2.05, 4.69) is 57.7 Å². The lowest BCUT2D eigenvalue weighted by molar-refractivity contribution is 0.331. The molecule has 33 heavy (non-hydrogen) atoms. The Morgan fingerprint density at radius 1 is 1.12 bits per heavy atom. The Kier molecular flexibility index (Phi) is 5.49. The third-order valence-corrected chi connectivity index (χ3v) is 6.68. The van der Waals surface area contributed by atoms with Gasteiger partial charge in [-0.1, -0.05) is 38.2 Å². The molecule has 4 aromatic rings. The van der Waals surface area contributed by atoms with E-state index in [9.17, 15) is 0 Å². The van der Waals surface area contributed by atoms with Crippen molar-refractivity contribution >= 4 is 38.6 Å². The highest BCUT2D eigenvalue weighted by Crippen LogP contribution is 2.35. The molecule has 3 aromatic heterocycles. The Hall–Kier alpha value is -3.46. The van der Waals surface area contributed by atoms with Crippen LogP contribution in [-0.4, -0.2) is 33.1 Å². The second-order valence-electron chi connectivity index (χ2n) is 8.47. The van der Waals surface area contributed by atoms with Gasteiger partial charge >= 0.3 is 0 Å². The highest BCUT2D eigenvalue weighted by molar-refractivity contribution is 7.21. The van der Waals surface area contributed by atoms with Crippen LogP contribution in [0.15, 0.2) is 30.5 Å². The van der Waals surface area contributed by atoms with Crippen molar-refractivity contribution in [2.24, 2.45) is 0 Å². The number of rotatable bonds is 4. The highest BCUT2D eigenvalue weighted by atomic mass is 32.1. The number of aromatic nitrogens is 4. The maximum atomic E-state index is 6.09. The molecule has 1 aliphatic heterocycles. The molecule has 1 aromatic carbocycles. The van der Waals surface area contributed by atoms with Crippen molar-refractivity contribution < 1.29 is 4.74 Å². The van der Waals surface area contributed by atoms with Crippen molar-refractivity contribution in [3.8, 4) is 16.9 Å². The molecule has 0 radical (unpaired) electrons. The standard InChI is InChI=1S/C24H27N7OS/c1-4-17-20(13(2)3)21(30-23(25)28-17)31-7-8-32-19-6-5-14(9-16(19)12-31)15-10-18-22(27-11-15)33-24(26)29-18/h5-6,9-11,13H,4,7-8,12H2,1-3H3,(H2,26,29)(H2,25,28,30). The van der Waals surface area contributed by atoms with Gasteiger partial charge in [0, 0.05) is 29.4 Å². The van der Waals surface area contributed by atoms with Gasteiger partial charge in [-0.15, -0.1) is 0 Å². The average Bonchev–Trinajstić information content (AvgIpc) is 3.03. The molecule has 0 fully saturated rings. The van der Waals surface area contributed by atoms with Crippen molar-refractivity contribution in [2.75, 3.05) is 29.5 Å². The normalized spacial score (nSPS) is 13.8. The van der Waals surface area contributed by atoms with Gasteiger partial charge in [-0.25, -0.2) is 15.0 Å². The number of nitrogens with two attached hydrogens (primary N) is 2. The molecule has 0 atom stereocenters. The van der Waals surface area contributed by atoms with Gasteiger partial charge in [0.25, 0.3) is 0 Å². The Balaban J connectivity index is 1.54. The summed E-state index contributed by atoms with van der Waals surface area (Å²) in [6.45, 7) is 8.40. The Labute approximate surface area is 196 Å². The number of ether oxygens (including phenoxy) is 1. The Morgan fingerprint density at radius 2 is 1.97 bits per heavy atom. The zero-order valence-electron chi connectivity index (χ0n) is 19.0. The van der Waals surface area contributed by atoms with Crippen molar-refractivity contribution in [2.45, 2.75) is 39.7 Å². The number of aryl methyl sites for hydroxylation is 1. The van der Waals surface area contributed by atoms with E-state index in [1.54, 1.807) is 0 Å². The number of nitrogen functional groups attached to an aromatic ring is 2. The first kappa shape index (κ1) is 21.4. The largest absolute Gasteiger partial charge is 0.491 e. The minimum atomic E-state index is 0.286. The summed E-state index contributed by atoms with van der Waals surface area (Å²) >= 11 is 1.39. The fraction of sp³-hybridized carbons (Fsp3) is 0.333. The number of fused-ring (bicyclic) bond motifs is 2. The molecular weight excluding hydrogens is 434 g/mol. The van der Waals surface area contributed by atoms with Crippen LogP contribution >= 0.6 is 11.3 Å². The van der Waals surface area contributed by atoms with E-state index in [4.69, 9.17) is 16.2 Å². The first-order valence-electron chi connectivity index (χ1n) is 11.1. The molecule has 5 rings (SSSR count). The fourth-order valence-corrected chi connectivity index (χ4v) is 5.03. The number of nitrogens with zero attached hydrogens (tertiary/aromatic N) is 5. The molecule has 8 nitrogen and oxygen atoms in total. The number of benzene rings is 1. The van der Waals surface area contributed by atoms with E-state index < -0.39 is 0 Å². The minimum absolute atomic E-state index is 0.286. The maximum absolute atomic E-state index is 6.09. The first-order valence-corrected chi connectivity index (χ1v) is 11.9. The SMILES string of the molecule is CCc1nc(N)nc(N2CCOc3ccc(-c4cnc5sc(N)nc5c4)cc3C2)c1C(C)C. The van der Waals surface area contributed by atoms with Gasteiger partial charge in [-0.05, 0) is 36.1 Å². The predicted octanol–water partition coefficient (Wildman–Crippen LogP) is 4.40. The smallest absolute Gasteiger partial charge is 0.222 e. The quantitative estimate of drug-likeness (QED) is 0.459. The fourth-order valence-electron chi connectivity index (χ4n) is 4.38. The summed E-state index contributed by atoms with van der Waals surface area (Å²) in [5, 5.41) is 0.525. The van der Waals surface area contributed by atoms with Crippen LogP contribution in [0.5, 0.6) is 5.75 Å².